The van der Waals surface area contributed by atoms with Crippen molar-refractivity contribution in [1.82, 2.24) is 0 Å². The molecule has 1 spiro atoms. The molecule has 4 saturated carbocycles. The molecule has 6 rings (SSSR count). The van der Waals surface area contributed by atoms with E-state index in [1.165, 1.54) is 44.9 Å². The van der Waals surface area contributed by atoms with Crippen molar-refractivity contribution >= 4 is 5.78 Å². The molecule has 0 radical (unpaired) electrons. The predicted octanol–water partition coefficient (Wildman–Crippen LogP) is 6.00. The van der Waals surface area contributed by atoms with E-state index < -0.39 is 0 Å². The summed E-state index contributed by atoms with van der Waals surface area (Å²) in [5.41, 5.74) is 0.590. The van der Waals surface area contributed by atoms with Gasteiger partial charge in [-0.2, -0.15) is 0 Å². The van der Waals surface area contributed by atoms with Crippen LogP contribution in [0.2, 0.25) is 0 Å². The van der Waals surface area contributed by atoms with Crippen LogP contribution in [-0.2, 0) is 14.3 Å². The van der Waals surface area contributed by atoms with Crippen LogP contribution in [-0.4, -0.2) is 24.3 Å². The average molecular weight is 415 g/mol. The zero-order chi connectivity index (χ0) is 20.9. The van der Waals surface area contributed by atoms with Gasteiger partial charge in [0.25, 0.3) is 0 Å². The van der Waals surface area contributed by atoms with Crippen LogP contribution in [0.5, 0.6) is 0 Å². The first-order valence-corrected chi connectivity index (χ1v) is 13.1. The van der Waals surface area contributed by atoms with Crippen LogP contribution in [0.4, 0.5) is 0 Å². The lowest BCUT2D eigenvalue weighted by atomic mass is 9.44. The molecule has 2 heterocycles. The average Bonchev–Trinajstić information content (AvgIpc) is 3.15. The van der Waals surface area contributed by atoms with E-state index in [-0.39, 0.29) is 11.2 Å². The number of ketones is 1. The molecule has 3 heteroatoms. The molecule has 0 aromatic carbocycles. The smallest absolute Gasteiger partial charge is 0.171 e. The van der Waals surface area contributed by atoms with Crippen molar-refractivity contribution in [2.45, 2.75) is 104 Å². The molecule has 11 atom stereocenters. The van der Waals surface area contributed by atoms with Gasteiger partial charge in [0.1, 0.15) is 5.78 Å². The van der Waals surface area contributed by atoms with Gasteiger partial charge in [-0.05, 0) is 78.9 Å². The molecule has 0 aromatic heterocycles. The summed E-state index contributed by atoms with van der Waals surface area (Å²) in [6.07, 6.45) is 12.3. The summed E-state index contributed by atoms with van der Waals surface area (Å²) in [7, 11) is 0. The fourth-order valence-corrected chi connectivity index (χ4v) is 10.1. The zero-order valence-corrected chi connectivity index (χ0v) is 19.6. The van der Waals surface area contributed by atoms with Gasteiger partial charge in [0.15, 0.2) is 5.79 Å². The van der Waals surface area contributed by atoms with Crippen LogP contribution in [0.25, 0.3) is 0 Å². The van der Waals surface area contributed by atoms with E-state index in [4.69, 9.17) is 9.47 Å². The minimum Gasteiger partial charge on any atom is -0.349 e. The van der Waals surface area contributed by atoms with Gasteiger partial charge in [-0.1, -0.05) is 40.5 Å². The summed E-state index contributed by atoms with van der Waals surface area (Å²) < 4.78 is 13.3. The first-order valence-electron chi connectivity index (χ1n) is 13.1. The Labute approximate surface area is 183 Å². The summed E-state index contributed by atoms with van der Waals surface area (Å²) in [5, 5.41) is 0. The van der Waals surface area contributed by atoms with Crippen LogP contribution in [0, 0.1) is 52.3 Å². The Kier molecular flexibility index (Phi) is 4.42. The van der Waals surface area contributed by atoms with Crippen LogP contribution in [0.1, 0.15) is 91.9 Å². The minimum atomic E-state index is -0.324. The van der Waals surface area contributed by atoms with Gasteiger partial charge < -0.3 is 9.47 Å². The molecule has 168 valence electrons. The molecule has 6 fully saturated rings. The molecule has 0 aromatic rings. The third kappa shape index (κ3) is 2.49. The number of hydrogen-bond donors (Lipinski definition) is 0. The van der Waals surface area contributed by atoms with Crippen LogP contribution < -0.4 is 0 Å². The highest BCUT2D eigenvalue weighted by Crippen LogP contribution is 2.70. The van der Waals surface area contributed by atoms with E-state index in [1.807, 2.05) is 0 Å². The lowest BCUT2D eigenvalue weighted by Crippen LogP contribution is -2.56. The number of ether oxygens (including phenoxy) is 2. The van der Waals surface area contributed by atoms with E-state index in [2.05, 4.69) is 27.7 Å². The zero-order valence-electron chi connectivity index (χ0n) is 19.6. The molecular weight excluding hydrogens is 372 g/mol. The Morgan fingerprint density at radius 3 is 2.53 bits per heavy atom. The van der Waals surface area contributed by atoms with Crippen molar-refractivity contribution in [2.75, 3.05) is 6.61 Å². The molecule has 0 N–H and O–H groups in total. The first-order chi connectivity index (χ1) is 14.3. The molecular formula is C27H42O3. The second-order valence-corrected chi connectivity index (χ2v) is 12.9. The Hall–Kier alpha value is -0.410. The first kappa shape index (κ1) is 20.2. The van der Waals surface area contributed by atoms with Gasteiger partial charge in [0.2, 0.25) is 0 Å². The van der Waals surface area contributed by atoms with Gasteiger partial charge in [0.05, 0.1) is 12.7 Å². The maximum Gasteiger partial charge on any atom is 0.171 e. The summed E-state index contributed by atoms with van der Waals surface area (Å²) in [6, 6.07) is 0. The summed E-state index contributed by atoms with van der Waals surface area (Å²) in [4.78, 5) is 13.3. The third-order valence-electron chi connectivity index (χ3n) is 11.6. The van der Waals surface area contributed by atoms with Gasteiger partial charge in [-0.25, -0.2) is 0 Å². The van der Waals surface area contributed by atoms with Crippen LogP contribution >= 0.6 is 0 Å². The minimum absolute atomic E-state index is 0.271. The third-order valence-corrected chi connectivity index (χ3v) is 11.6. The topological polar surface area (TPSA) is 35.5 Å². The van der Waals surface area contributed by atoms with Crippen molar-refractivity contribution in [2.24, 2.45) is 52.3 Å². The van der Waals surface area contributed by atoms with Gasteiger partial charge in [-0.15, -0.1) is 0 Å². The molecule has 6 aliphatic rings. The largest absolute Gasteiger partial charge is 0.349 e. The SMILES string of the molecule is C[C@@H]1CC[C@@]2(OC1)O[C@H]1C[C@H]3[C@H]4CC(=O)[C@H]5CCCC[C@]5(C)[C@H]4CC[C@]3(C)[C@H]1[C@@H]2C. The van der Waals surface area contributed by atoms with Gasteiger partial charge in [-0.3, -0.25) is 4.79 Å². The normalized spacial score (nSPS) is 60.1. The van der Waals surface area contributed by atoms with Gasteiger partial charge in [0, 0.05) is 24.7 Å². The molecule has 0 unspecified atom stereocenters. The Morgan fingerprint density at radius 1 is 0.933 bits per heavy atom. The number of hydrogen-bond acceptors (Lipinski definition) is 3. The standard InChI is InChI=1S/C27H42O3/c1-16-8-12-27(29-15-16)17(2)24-23(30-27)14-21-18-13-22(28)20-7-5-6-10-25(20,3)19(18)9-11-26(21,24)4/h16-21,23-24H,5-15H2,1-4H3/t16-,17+,18+,19+,20-,21+,23+,24+,25-,26+,27-/m1/s1. The van der Waals surface area contributed by atoms with Crippen LogP contribution in [0.15, 0.2) is 0 Å². The molecule has 0 amide bonds. The van der Waals surface area contributed by atoms with E-state index in [1.54, 1.807) is 0 Å². The summed E-state index contributed by atoms with van der Waals surface area (Å²) in [5.74, 6) is 4.38. The number of fused-ring (bicyclic) bond motifs is 7. The van der Waals surface area contributed by atoms with Crippen molar-refractivity contribution in [3.8, 4) is 0 Å². The Morgan fingerprint density at radius 2 is 1.77 bits per heavy atom. The molecule has 30 heavy (non-hydrogen) atoms. The van der Waals surface area contributed by atoms with Crippen LogP contribution in [0.3, 0.4) is 0 Å². The molecule has 0 bridgehead atoms. The summed E-state index contributed by atoms with van der Waals surface area (Å²) >= 11 is 0. The molecule has 4 aliphatic carbocycles. The monoisotopic (exact) mass is 414 g/mol. The number of rotatable bonds is 0. The molecule has 2 aliphatic heterocycles. The van der Waals surface area contributed by atoms with E-state index >= 15 is 0 Å². The fourth-order valence-electron chi connectivity index (χ4n) is 10.1. The predicted molar refractivity (Wildman–Crippen MR) is 117 cm³/mol. The second kappa shape index (κ2) is 6.56. The van der Waals surface area contributed by atoms with Crippen molar-refractivity contribution in [3.05, 3.63) is 0 Å². The quantitative estimate of drug-likeness (QED) is 0.487. The summed E-state index contributed by atoms with van der Waals surface area (Å²) in [6.45, 7) is 10.6. The lowest BCUT2D eigenvalue weighted by Gasteiger charge is -2.60. The second-order valence-electron chi connectivity index (χ2n) is 12.9. The van der Waals surface area contributed by atoms with Crippen molar-refractivity contribution in [3.63, 3.8) is 0 Å². The number of carbonyl (C=O) groups excluding carboxylic acids is 1. The van der Waals surface area contributed by atoms with Crippen molar-refractivity contribution in [1.29, 1.82) is 0 Å². The molecule has 3 nitrogen and oxygen atoms in total. The van der Waals surface area contributed by atoms with E-state index in [9.17, 15) is 4.79 Å². The lowest BCUT2D eigenvalue weighted by molar-refractivity contribution is -0.273. The van der Waals surface area contributed by atoms with Gasteiger partial charge >= 0.3 is 0 Å². The maximum absolute atomic E-state index is 13.3. The van der Waals surface area contributed by atoms with Crippen molar-refractivity contribution < 1.29 is 14.3 Å². The van der Waals surface area contributed by atoms with E-state index in [0.717, 1.165) is 31.8 Å². The number of carbonyl (C=O) groups is 1. The Bertz CT molecular complexity index is 724. The highest BCUT2D eigenvalue weighted by atomic mass is 16.7. The molecule has 2 saturated heterocycles. The fraction of sp³-hybridized carbons (Fsp3) is 0.963. The number of Topliss-reactive ketones (excluding diaryl/α,β-unsaturated/α-hetero) is 1. The highest BCUT2D eigenvalue weighted by molar-refractivity contribution is 5.83. The maximum atomic E-state index is 13.3. The Balaban J connectivity index is 1.29. The highest BCUT2D eigenvalue weighted by Gasteiger charge is 2.69. The van der Waals surface area contributed by atoms with E-state index in [0.29, 0.717) is 52.8 Å².